The van der Waals surface area contributed by atoms with Gasteiger partial charge in [0.15, 0.2) is 0 Å². The van der Waals surface area contributed by atoms with Gasteiger partial charge in [-0.15, -0.1) is 0 Å². The average Bonchev–Trinajstić information content (AvgIpc) is 2.96. The first kappa shape index (κ1) is 14.1. The summed E-state index contributed by atoms with van der Waals surface area (Å²) in [6.07, 6.45) is 11.2. The molecule has 0 aromatic carbocycles. The van der Waals surface area contributed by atoms with Gasteiger partial charge in [0.1, 0.15) is 0 Å². The zero-order valence-corrected chi connectivity index (χ0v) is 12.6. The van der Waals surface area contributed by atoms with Crippen LogP contribution in [0.3, 0.4) is 0 Å². The lowest BCUT2D eigenvalue weighted by atomic mass is 9.95. The standard InChI is InChI=1S/C16H27N3O/c1-16(9-5-11-20-13-16)17-12-14-8-10-19(18-14)15-6-3-2-4-7-15/h8,10,15,17H,2-7,9,11-13H2,1H3. The highest BCUT2D eigenvalue weighted by Crippen LogP contribution is 2.27. The summed E-state index contributed by atoms with van der Waals surface area (Å²) >= 11 is 0. The largest absolute Gasteiger partial charge is 0.380 e. The first-order chi connectivity index (χ1) is 9.75. The maximum atomic E-state index is 5.59. The molecule has 4 heteroatoms. The molecule has 112 valence electrons. The fraction of sp³-hybridized carbons (Fsp3) is 0.812. The van der Waals surface area contributed by atoms with Gasteiger partial charge < -0.3 is 10.1 Å². The summed E-state index contributed by atoms with van der Waals surface area (Å²) in [5.41, 5.74) is 1.27. The third-order valence-electron chi connectivity index (χ3n) is 4.75. The minimum atomic E-state index is 0.118. The topological polar surface area (TPSA) is 39.1 Å². The van der Waals surface area contributed by atoms with Gasteiger partial charge in [-0.25, -0.2) is 0 Å². The van der Waals surface area contributed by atoms with Crippen LogP contribution in [-0.2, 0) is 11.3 Å². The van der Waals surface area contributed by atoms with Crippen molar-refractivity contribution in [2.45, 2.75) is 70.0 Å². The highest BCUT2D eigenvalue weighted by atomic mass is 16.5. The van der Waals surface area contributed by atoms with E-state index >= 15 is 0 Å². The summed E-state index contributed by atoms with van der Waals surface area (Å²) < 4.78 is 7.78. The number of nitrogens with one attached hydrogen (secondary N) is 1. The van der Waals surface area contributed by atoms with Crippen LogP contribution in [0.5, 0.6) is 0 Å². The Hall–Kier alpha value is -0.870. The van der Waals surface area contributed by atoms with Crippen LogP contribution in [0.25, 0.3) is 0 Å². The van der Waals surface area contributed by atoms with Gasteiger partial charge in [-0.1, -0.05) is 19.3 Å². The molecular weight excluding hydrogens is 250 g/mol. The molecule has 1 aromatic rings. The Kier molecular flexibility index (Phi) is 4.41. The molecule has 1 saturated carbocycles. The Morgan fingerprint density at radius 1 is 1.35 bits per heavy atom. The first-order valence-corrected chi connectivity index (χ1v) is 8.12. The molecule has 0 radical (unpaired) electrons. The van der Waals surface area contributed by atoms with E-state index in [0.717, 1.165) is 31.9 Å². The fourth-order valence-electron chi connectivity index (χ4n) is 3.40. The lowest BCUT2D eigenvalue weighted by Crippen LogP contribution is -2.48. The van der Waals surface area contributed by atoms with Crippen LogP contribution in [0.2, 0.25) is 0 Å². The van der Waals surface area contributed by atoms with Crippen molar-refractivity contribution < 1.29 is 4.74 Å². The van der Waals surface area contributed by atoms with Crippen molar-refractivity contribution in [1.29, 1.82) is 0 Å². The molecule has 1 aliphatic carbocycles. The van der Waals surface area contributed by atoms with Crippen LogP contribution < -0.4 is 5.32 Å². The Morgan fingerprint density at radius 3 is 2.95 bits per heavy atom. The predicted octanol–water partition coefficient (Wildman–Crippen LogP) is 3.05. The Balaban J connectivity index is 1.54. The highest BCUT2D eigenvalue weighted by molar-refractivity contribution is 5.01. The van der Waals surface area contributed by atoms with Crippen molar-refractivity contribution in [3.05, 3.63) is 18.0 Å². The van der Waals surface area contributed by atoms with Gasteiger partial charge in [-0.05, 0) is 38.7 Å². The highest BCUT2D eigenvalue weighted by Gasteiger charge is 2.27. The number of ether oxygens (including phenoxy) is 1. The van der Waals surface area contributed by atoms with Crippen molar-refractivity contribution in [2.24, 2.45) is 0 Å². The van der Waals surface area contributed by atoms with Gasteiger partial charge in [0, 0.05) is 24.9 Å². The summed E-state index contributed by atoms with van der Waals surface area (Å²) in [6.45, 7) is 4.83. The van der Waals surface area contributed by atoms with Gasteiger partial charge in [0.05, 0.1) is 18.3 Å². The molecule has 1 unspecified atom stereocenters. The summed E-state index contributed by atoms with van der Waals surface area (Å²) in [5, 5.41) is 8.39. The second-order valence-corrected chi connectivity index (χ2v) is 6.65. The van der Waals surface area contributed by atoms with Crippen LogP contribution >= 0.6 is 0 Å². The van der Waals surface area contributed by atoms with Crippen molar-refractivity contribution >= 4 is 0 Å². The molecule has 0 amide bonds. The predicted molar refractivity (Wildman–Crippen MR) is 79.6 cm³/mol. The smallest absolute Gasteiger partial charge is 0.0762 e. The molecule has 1 aliphatic heterocycles. The lowest BCUT2D eigenvalue weighted by molar-refractivity contribution is 0.0276. The molecule has 2 aliphatic rings. The zero-order valence-electron chi connectivity index (χ0n) is 12.6. The Morgan fingerprint density at radius 2 is 2.20 bits per heavy atom. The average molecular weight is 277 g/mol. The van der Waals surface area contributed by atoms with Crippen molar-refractivity contribution in [2.75, 3.05) is 13.2 Å². The third kappa shape index (κ3) is 3.41. The summed E-state index contributed by atoms with van der Waals surface area (Å²) in [6, 6.07) is 2.79. The van der Waals surface area contributed by atoms with Crippen molar-refractivity contribution in [3.8, 4) is 0 Å². The van der Waals surface area contributed by atoms with E-state index in [9.17, 15) is 0 Å². The Bertz CT molecular complexity index is 417. The molecule has 0 spiro atoms. The van der Waals surface area contributed by atoms with Gasteiger partial charge in [-0.3, -0.25) is 4.68 Å². The number of aromatic nitrogens is 2. The van der Waals surface area contributed by atoms with Crippen LogP contribution in [0, 0.1) is 0 Å². The van der Waals surface area contributed by atoms with Gasteiger partial charge >= 0.3 is 0 Å². The molecule has 1 atom stereocenters. The van der Waals surface area contributed by atoms with Gasteiger partial charge in [0.25, 0.3) is 0 Å². The molecule has 1 saturated heterocycles. The fourth-order valence-corrected chi connectivity index (χ4v) is 3.40. The minimum Gasteiger partial charge on any atom is -0.380 e. The second kappa shape index (κ2) is 6.27. The number of nitrogens with zero attached hydrogens (tertiary/aromatic N) is 2. The third-order valence-corrected chi connectivity index (χ3v) is 4.75. The zero-order chi connectivity index (χ0) is 13.8. The van der Waals surface area contributed by atoms with Crippen molar-refractivity contribution in [3.63, 3.8) is 0 Å². The molecule has 1 N–H and O–H groups in total. The van der Waals surface area contributed by atoms with Crippen LogP contribution in [0.1, 0.15) is 63.6 Å². The number of hydrogen-bond donors (Lipinski definition) is 1. The minimum absolute atomic E-state index is 0.118. The SMILES string of the molecule is CC1(NCc2ccn(C3CCCCC3)n2)CCCOC1. The normalized spacial score (nSPS) is 28.6. The summed E-state index contributed by atoms with van der Waals surface area (Å²) in [4.78, 5) is 0. The molecule has 20 heavy (non-hydrogen) atoms. The molecule has 3 rings (SSSR count). The monoisotopic (exact) mass is 277 g/mol. The van der Waals surface area contributed by atoms with Gasteiger partial charge in [-0.2, -0.15) is 5.10 Å². The van der Waals surface area contributed by atoms with Crippen LogP contribution in [0.4, 0.5) is 0 Å². The van der Waals surface area contributed by atoms with E-state index in [1.165, 1.54) is 38.5 Å². The molecular formula is C16H27N3O. The van der Waals surface area contributed by atoms with Crippen LogP contribution in [0.15, 0.2) is 12.3 Å². The van der Waals surface area contributed by atoms with E-state index in [2.05, 4.69) is 29.2 Å². The van der Waals surface area contributed by atoms with E-state index < -0.39 is 0 Å². The quantitative estimate of drug-likeness (QED) is 0.919. The molecule has 4 nitrogen and oxygen atoms in total. The van der Waals surface area contributed by atoms with Crippen molar-refractivity contribution in [1.82, 2.24) is 15.1 Å². The van der Waals surface area contributed by atoms with E-state index in [0.29, 0.717) is 6.04 Å². The second-order valence-electron chi connectivity index (χ2n) is 6.65. The lowest BCUT2D eigenvalue weighted by Gasteiger charge is -2.34. The van der Waals surface area contributed by atoms with Gasteiger partial charge in [0.2, 0.25) is 0 Å². The molecule has 2 fully saturated rings. The summed E-state index contributed by atoms with van der Waals surface area (Å²) in [5.74, 6) is 0. The molecule has 1 aromatic heterocycles. The maximum Gasteiger partial charge on any atom is 0.0762 e. The molecule has 0 bridgehead atoms. The van der Waals surface area contributed by atoms with E-state index in [1.54, 1.807) is 0 Å². The Labute approximate surface area is 121 Å². The van der Waals surface area contributed by atoms with E-state index in [4.69, 9.17) is 9.84 Å². The maximum absolute atomic E-state index is 5.59. The van der Waals surface area contributed by atoms with E-state index in [1.807, 2.05) is 0 Å². The number of rotatable bonds is 4. The molecule has 2 heterocycles. The van der Waals surface area contributed by atoms with Crippen LogP contribution in [-0.4, -0.2) is 28.5 Å². The summed E-state index contributed by atoms with van der Waals surface area (Å²) in [7, 11) is 0. The first-order valence-electron chi connectivity index (χ1n) is 8.12. The van der Waals surface area contributed by atoms with E-state index in [-0.39, 0.29) is 5.54 Å². The number of hydrogen-bond acceptors (Lipinski definition) is 3.